The van der Waals surface area contributed by atoms with Crippen molar-refractivity contribution >= 4 is 16.6 Å². The number of fused-ring (bicyclic) bond motifs is 2. The fourth-order valence-electron chi connectivity index (χ4n) is 3.15. The zero-order valence-corrected chi connectivity index (χ0v) is 12.3. The molecule has 3 heteroatoms. The highest BCUT2D eigenvalue weighted by atomic mass is 16.5. The van der Waals surface area contributed by atoms with E-state index in [1.807, 2.05) is 20.0 Å². The summed E-state index contributed by atoms with van der Waals surface area (Å²) >= 11 is 0. The summed E-state index contributed by atoms with van der Waals surface area (Å²) in [6.07, 6.45) is 6.02. The van der Waals surface area contributed by atoms with Gasteiger partial charge in [-0.2, -0.15) is 0 Å². The fourth-order valence-corrected chi connectivity index (χ4v) is 3.15. The number of nitrogens with zero attached hydrogens (tertiary/aromatic N) is 1. The van der Waals surface area contributed by atoms with Crippen LogP contribution in [0.5, 0.6) is 5.75 Å². The highest BCUT2D eigenvalue weighted by Gasteiger charge is 2.18. The average Bonchev–Trinajstić information content (AvgIpc) is 2.71. The number of para-hydroxylation sites is 1. The molecule has 0 spiro atoms. The lowest BCUT2D eigenvalue weighted by molar-refractivity contribution is 0.343. The van der Waals surface area contributed by atoms with Gasteiger partial charge >= 0.3 is 0 Å². The number of ether oxygens (including phenoxy) is 1. The number of benzene rings is 1. The first kappa shape index (κ1) is 13.2. The largest absolute Gasteiger partial charge is 0.492 e. The van der Waals surface area contributed by atoms with Gasteiger partial charge in [0.05, 0.1) is 6.61 Å². The molecule has 1 heterocycles. The second kappa shape index (κ2) is 5.70. The summed E-state index contributed by atoms with van der Waals surface area (Å²) in [7, 11) is 2.01. The van der Waals surface area contributed by atoms with Gasteiger partial charge in [0.15, 0.2) is 0 Å². The van der Waals surface area contributed by atoms with Crippen LogP contribution in [0.2, 0.25) is 0 Å². The molecule has 0 amide bonds. The summed E-state index contributed by atoms with van der Waals surface area (Å²) in [4.78, 5) is 4.94. The Hall–Kier alpha value is -1.77. The van der Waals surface area contributed by atoms with Crippen LogP contribution in [0.3, 0.4) is 0 Å². The van der Waals surface area contributed by atoms with Crippen molar-refractivity contribution < 1.29 is 4.74 Å². The predicted molar refractivity (Wildman–Crippen MR) is 83.7 cm³/mol. The molecule has 106 valence electrons. The molecule has 0 unspecified atom stereocenters. The smallest absolute Gasteiger partial charge is 0.145 e. The van der Waals surface area contributed by atoms with E-state index in [2.05, 4.69) is 17.4 Å². The number of anilines is 1. The van der Waals surface area contributed by atoms with E-state index in [9.17, 15) is 0 Å². The van der Waals surface area contributed by atoms with Gasteiger partial charge in [0.2, 0.25) is 0 Å². The van der Waals surface area contributed by atoms with Crippen LogP contribution in [0.1, 0.15) is 37.4 Å². The van der Waals surface area contributed by atoms with Crippen molar-refractivity contribution in [3.8, 4) is 5.75 Å². The second-order valence-electron chi connectivity index (χ2n) is 5.31. The quantitative estimate of drug-likeness (QED) is 0.858. The van der Waals surface area contributed by atoms with E-state index in [1.165, 1.54) is 41.6 Å². The van der Waals surface area contributed by atoms with Crippen LogP contribution in [0.15, 0.2) is 18.2 Å². The molecule has 3 nitrogen and oxygen atoms in total. The molecule has 0 radical (unpaired) electrons. The minimum Gasteiger partial charge on any atom is -0.492 e. The molecule has 0 saturated carbocycles. The van der Waals surface area contributed by atoms with E-state index in [-0.39, 0.29) is 0 Å². The van der Waals surface area contributed by atoms with Crippen molar-refractivity contribution in [2.24, 2.45) is 0 Å². The van der Waals surface area contributed by atoms with Gasteiger partial charge in [-0.1, -0.05) is 18.6 Å². The van der Waals surface area contributed by atoms with Gasteiger partial charge in [0.1, 0.15) is 11.3 Å². The van der Waals surface area contributed by atoms with Crippen LogP contribution in [0.25, 0.3) is 10.9 Å². The van der Waals surface area contributed by atoms with Crippen LogP contribution >= 0.6 is 0 Å². The van der Waals surface area contributed by atoms with E-state index >= 15 is 0 Å². The summed E-state index contributed by atoms with van der Waals surface area (Å²) in [5, 5.41) is 4.58. The number of aromatic nitrogens is 1. The van der Waals surface area contributed by atoms with Crippen molar-refractivity contribution in [2.75, 3.05) is 19.0 Å². The maximum absolute atomic E-state index is 5.75. The lowest BCUT2D eigenvalue weighted by Crippen LogP contribution is -2.04. The van der Waals surface area contributed by atoms with Gasteiger partial charge in [-0.15, -0.1) is 0 Å². The normalized spacial score (nSPS) is 14.7. The van der Waals surface area contributed by atoms with Crippen LogP contribution < -0.4 is 10.1 Å². The molecular formula is C17H22N2O. The lowest BCUT2D eigenvalue weighted by atomic mass is 10.0. The molecule has 2 aromatic rings. The zero-order chi connectivity index (χ0) is 13.9. The topological polar surface area (TPSA) is 34.1 Å². The third kappa shape index (κ3) is 2.21. The van der Waals surface area contributed by atoms with Gasteiger partial charge < -0.3 is 10.1 Å². The number of pyridine rings is 1. The van der Waals surface area contributed by atoms with Crippen molar-refractivity contribution in [1.29, 1.82) is 0 Å². The average molecular weight is 270 g/mol. The van der Waals surface area contributed by atoms with Gasteiger partial charge in [0, 0.05) is 23.8 Å². The summed E-state index contributed by atoms with van der Waals surface area (Å²) in [5.74, 6) is 0.897. The second-order valence-corrected chi connectivity index (χ2v) is 5.31. The SMILES string of the molecule is CCOc1cccc2c(NC)c3c(nc12)CCCCC3. The number of hydrogen-bond acceptors (Lipinski definition) is 3. The van der Waals surface area contributed by atoms with Gasteiger partial charge in [-0.05, 0) is 44.2 Å². The first-order chi connectivity index (χ1) is 9.85. The van der Waals surface area contributed by atoms with Crippen molar-refractivity contribution in [3.05, 3.63) is 29.5 Å². The minimum atomic E-state index is 0.673. The molecule has 0 atom stereocenters. The Kier molecular flexibility index (Phi) is 3.77. The Balaban J connectivity index is 2.27. The molecule has 1 aromatic heterocycles. The standard InChI is InChI=1S/C17H22N2O/c1-3-20-15-11-7-9-13-16(18-2)12-8-5-4-6-10-14(12)19-17(13)15/h7,9,11H,3-6,8,10H2,1-2H3,(H,18,19). The third-order valence-corrected chi connectivity index (χ3v) is 4.06. The first-order valence-corrected chi connectivity index (χ1v) is 7.60. The molecule has 20 heavy (non-hydrogen) atoms. The molecular weight excluding hydrogens is 248 g/mol. The molecule has 0 saturated heterocycles. The van der Waals surface area contributed by atoms with E-state index in [1.54, 1.807) is 0 Å². The molecule has 0 aliphatic heterocycles. The Bertz CT molecular complexity index is 622. The van der Waals surface area contributed by atoms with Gasteiger partial charge in [-0.3, -0.25) is 0 Å². The highest BCUT2D eigenvalue weighted by Crippen LogP contribution is 2.35. The maximum atomic E-state index is 5.75. The van der Waals surface area contributed by atoms with Gasteiger partial charge in [0.25, 0.3) is 0 Å². The fraction of sp³-hybridized carbons (Fsp3) is 0.471. The summed E-state index contributed by atoms with van der Waals surface area (Å²) in [5.41, 5.74) is 4.91. The van der Waals surface area contributed by atoms with Crippen LogP contribution in [-0.2, 0) is 12.8 Å². The number of hydrogen-bond donors (Lipinski definition) is 1. The van der Waals surface area contributed by atoms with E-state index in [0.29, 0.717) is 6.61 Å². The Morgan fingerprint density at radius 3 is 2.85 bits per heavy atom. The van der Waals surface area contributed by atoms with E-state index in [0.717, 1.165) is 24.1 Å². The summed E-state index contributed by atoms with van der Waals surface area (Å²) in [6.45, 7) is 2.69. The van der Waals surface area contributed by atoms with E-state index < -0.39 is 0 Å². The minimum absolute atomic E-state index is 0.673. The van der Waals surface area contributed by atoms with Crippen LogP contribution in [0, 0.1) is 0 Å². The molecule has 1 aliphatic rings. The predicted octanol–water partition coefficient (Wildman–Crippen LogP) is 3.94. The number of nitrogens with one attached hydrogen (secondary N) is 1. The Morgan fingerprint density at radius 1 is 1.20 bits per heavy atom. The van der Waals surface area contributed by atoms with Crippen molar-refractivity contribution in [1.82, 2.24) is 4.98 Å². The van der Waals surface area contributed by atoms with Crippen LogP contribution in [-0.4, -0.2) is 18.6 Å². The monoisotopic (exact) mass is 270 g/mol. The highest BCUT2D eigenvalue weighted by molar-refractivity contribution is 5.96. The zero-order valence-electron chi connectivity index (χ0n) is 12.3. The number of aryl methyl sites for hydroxylation is 1. The Labute approximate surface area is 120 Å². The summed E-state index contributed by atoms with van der Waals surface area (Å²) < 4.78 is 5.75. The number of rotatable bonds is 3. The summed E-state index contributed by atoms with van der Waals surface area (Å²) in [6, 6.07) is 6.21. The lowest BCUT2D eigenvalue weighted by Gasteiger charge is -2.16. The molecule has 1 aliphatic carbocycles. The Morgan fingerprint density at radius 2 is 2.05 bits per heavy atom. The van der Waals surface area contributed by atoms with E-state index in [4.69, 9.17) is 9.72 Å². The first-order valence-electron chi connectivity index (χ1n) is 7.60. The molecule has 0 fully saturated rings. The van der Waals surface area contributed by atoms with Crippen molar-refractivity contribution in [3.63, 3.8) is 0 Å². The third-order valence-electron chi connectivity index (χ3n) is 4.06. The van der Waals surface area contributed by atoms with Crippen LogP contribution in [0.4, 0.5) is 5.69 Å². The molecule has 1 aromatic carbocycles. The maximum Gasteiger partial charge on any atom is 0.145 e. The van der Waals surface area contributed by atoms with Gasteiger partial charge in [-0.25, -0.2) is 4.98 Å². The molecule has 3 rings (SSSR count). The van der Waals surface area contributed by atoms with Crippen molar-refractivity contribution in [2.45, 2.75) is 39.0 Å². The molecule has 0 bridgehead atoms. The molecule has 1 N–H and O–H groups in total.